The Morgan fingerprint density at radius 3 is 2.27 bits per heavy atom. The average Bonchev–Trinajstić information content (AvgIpc) is 3.15. The lowest BCUT2D eigenvalue weighted by Crippen LogP contribution is -2.43. The Kier molecular flexibility index (Phi) is 7.00. The lowest BCUT2D eigenvalue weighted by Gasteiger charge is -2.33. The van der Waals surface area contributed by atoms with Gasteiger partial charge in [0.1, 0.15) is 22.4 Å². The van der Waals surface area contributed by atoms with Crippen LogP contribution in [-0.4, -0.2) is 60.5 Å². The number of rotatable bonds is 3. The summed E-state index contributed by atoms with van der Waals surface area (Å²) in [5, 5.41) is 5.59. The summed E-state index contributed by atoms with van der Waals surface area (Å²) in [6, 6.07) is 0. The Morgan fingerprint density at radius 2 is 1.66 bits per heavy atom. The van der Waals surface area contributed by atoms with Gasteiger partial charge in [-0.1, -0.05) is 13.8 Å². The number of carbonyl (C=O) groups is 2. The summed E-state index contributed by atoms with van der Waals surface area (Å²) < 4.78 is 15.4. The van der Waals surface area contributed by atoms with Crippen LogP contribution in [0.15, 0.2) is 12.5 Å². The van der Waals surface area contributed by atoms with Gasteiger partial charge < -0.3 is 14.4 Å². The van der Waals surface area contributed by atoms with Crippen LogP contribution in [0.2, 0.25) is 0 Å². The number of thiophene rings is 1. The highest BCUT2D eigenvalue weighted by Gasteiger charge is 2.60. The Bertz CT molecular complexity index is 1810. The molecule has 1 aliphatic carbocycles. The van der Waals surface area contributed by atoms with Gasteiger partial charge in [0.05, 0.1) is 5.69 Å². The summed E-state index contributed by atoms with van der Waals surface area (Å²) in [6.45, 7) is 23.6. The molecule has 0 N–H and O–H groups in total. The van der Waals surface area contributed by atoms with Crippen molar-refractivity contribution in [1.29, 1.82) is 0 Å². The van der Waals surface area contributed by atoms with Crippen LogP contribution in [0.5, 0.6) is 0 Å². The van der Waals surface area contributed by atoms with Gasteiger partial charge in [0.2, 0.25) is 0 Å². The zero-order valence-corrected chi connectivity index (χ0v) is 28.7. The molecule has 6 rings (SSSR count). The van der Waals surface area contributed by atoms with Crippen LogP contribution in [0.3, 0.4) is 0 Å². The molecule has 2 atom stereocenters. The van der Waals surface area contributed by atoms with Gasteiger partial charge in [0.15, 0.2) is 5.65 Å². The van der Waals surface area contributed by atoms with Crippen molar-refractivity contribution in [1.82, 2.24) is 24.1 Å². The Morgan fingerprint density at radius 1 is 1.00 bits per heavy atom. The standard InChI is InChI=1S/C34H45N5O4S/c1-18(2)24-25-21(5)27(34-12-13-37(15-22(34)14-34)30(40)42-32(6,7)8)44-29(25)39(31(41)43-33(9,10)11)26(24)23-16-38-28(35-17-36-38)20(4)19(23)3/h16-18,22H,12-15H2,1-11H3. The second-order valence-corrected chi connectivity index (χ2v) is 16.0. The fraction of sp³-hybridized carbons (Fsp3) is 0.588. The summed E-state index contributed by atoms with van der Waals surface area (Å²) >= 11 is 1.73. The minimum absolute atomic E-state index is 0.0194. The van der Waals surface area contributed by atoms with Crippen LogP contribution in [0.4, 0.5) is 9.59 Å². The van der Waals surface area contributed by atoms with Crippen molar-refractivity contribution in [3.8, 4) is 11.3 Å². The van der Waals surface area contributed by atoms with Crippen molar-refractivity contribution in [3.63, 3.8) is 0 Å². The zero-order valence-electron chi connectivity index (χ0n) is 27.9. The molecule has 44 heavy (non-hydrogen) atoms. The Labute approximate surface area is 263 Å². The number of piperidine rings is 1. The number of hydrogen-bond donors (Lipinski definition) is 0. The molecule has 4 aromatic heterocycles. The first-order chi connectivity index (χ1) is 20.4. The second kappa shape index (κ2) is 10.1. The van der Waals surface area contributed by atoms with Crippen molar-refractivity contribution in [2.24, 2.45) is 5.92 Å². The molecule has 4 aromatic rings. The molecular formula is C34H45N5O4S. The maximum absolute atomic E-state index is 14.2. The van der Waals surface area contributed by atoms with Gasteiger partial charge in [-0.2, -0.15) is 5.10 Å². The first-order valence-electron chi connectivity index (χ1n) is 15.6. The maximum Gasteiger partial charge on any atom is 0.420 e. The molecule has 1 saturated heterocycles. The Hall–Kier alpha value is -3.40. The van der Waals surface area contributed by atoms with E-state index >= 15 is 0 Å². The molecule has 1 amide bonds. The molecule has 2 unspecified atom stereocenters. The van der Waals surface area contributed by atoms with Crippen LogP contribution in [0, 0.1) is 26.7 Å². The molecule has 2 aliphatic rings. The molecule has 9 nitrogen and oxygen atoms in total. The summed E-state index contributed by atoms with van der Waals surface area (Å²) in [5.41, 5.74) is 5.95. The summed E-state index contributed by atoms with van der Waals surface area (Å²) in [5.74, 6) is 0.520. The number of amides is 1. The highest BCUT2D eigenvalue weighted by atomic mass is 32.1. The van der Waals surface area contributed by atoms with Crippen molar-refractivity contribution in [2.45, 2.75) is 112 Å². The second-order valence-electron chi connectivity index (χ2n) is 15.0. The van der Waals surface area contributed by atoms with E-state index in [0.29, 0.717) is 19.0 Å². The van der Waals surface area contributed by atoms with Crippen LogP contribution in [0.1, 0.15) is 101 Å². The van der Waals surface area contributed by atoms with Gasteiger partial charge >= 0.3 is 12.2 Å². The van der Waals surface area contributed by atoms with Crippen molar-refractivity contribution in [2.75, 3.05) is 13.1 Å². The van der Waals surface area contributed by atoms with Gasteiger partial charge in [0.25, 0.3) is 0 Å². The lowest BCUT2D eigenvalue weighted by molar-refractivity contribution is 0.0199. The van der Waals surface area contributed by atoms with Crippen molar-refractivity contribution >= 4 is 39.4 Å². The van der Waals surface area contributed by atoms with Gasteiger partial charge in [-0.15, -0.1) is 11.3 Å². The van der Waals surface area contributed by atoms with E-state index in [4.69, 9.17) is 9.47 Å². The van der Waals surface area contributed by atoms with E-state index in [9.17, 15) is 9.59 Å². The molecule has 236 valence electrons. The first-order valence-corrected chi connectivity index (χ1v) is 16.4. The first kappa shape index (κ1) is 30.6. The number of carbonyl (C=O) groups excluding carboxylic acids is 2. The predicted octanol–water partition coefficient (Wildman–Crippen LogP) is 8.14. The van der Waals surface area contributed by atoms with E-state index in [1.54, 1.807) is 22.2 Å². The molecule has 10 heteroatoms. The molecule has 0 aromatic carbocycles. The third-order valence-electron chi connectivity index (χ3n) is 9.22. The van der Waals surface area contributed by atoms with E-state index in [2.05, 4.69) is 44.7 Å². The molecule has 0 radical (unpaired) electrons. The number of fused-ring (bicyclic) bond motifs is 3. The van der Waals surface area contributed by atoms with Gasteiger partial charge in [-0.25, -0.2) is 23.7 Å². The number of aromatic nitrogens is 4. The van der Waals surface area contributed by atoms with E-state index in [0.717, 1.165) is 56.7 Å². The van der Waals surface area contributed by atoms with E-state index < -0.39 is 11.2 Å². The summed E-state index contributed by atoms with van der Waals surface area (Å²) in [7, 11) is 0. The fourth-order valence-corrected chi connectivity index (χ4v) is 8.67. The minimum atomic E-state index is -0.659. The van der Waals surface area contributed by atoms with E-state index in [1.165, 1.54) is 10.4 Å². The third kappa shape index (κ3) is 4.89. The minimum Gasteiger partial charge on any atom is -0.444 e. The highest BCUT2D eigenvalue weighted by molar-refractivity contribution is 7.19. The summed E-state index contributed by atoms with van der Waals surface area (Å²) in [6.07, 6.45) is 4.87. The summed E-state index contributed by atoms with van der Waals surface area (Å²) in [4.78, 5) is 35.6. The number of ether oxygens (including phenoxy) is 2. The molecule has 0 bridgehead atoms. The Balaban J connectivity index is 1.51. The monoisotopic (exact) mass is 619 g/mol. The topological polar surface area (TPSA) is 91.0 Å². The fourth-order valence-electron chi connectivity index (χ4n) is 7.04. The highest BCUT2D eigenvalue weighted by Crippen LogP contribution is 2.63. The van der Waals surface area contributed by atoms with Crippen LogP contribution in [-0.2, 0) is 14.9 Å². The third-order valence-corrected chi connectivity index (χ3v) is 10.7. The lowest BCUT2D eigenvalue weighted by atomic mass is 9.88. The number of hydrogen-bond acceptors (Lipinski definition) is 7. The molecule has 1 saturated carbocycles. The predicted molar refractivity (Wildman–Crippen MR) is 174 cm³/mol. The number of nitrogens with zero attached hydrogens (tertiary/aromatic N) is 5. The van der Waals surface area contributed by atoms with Crippen molar-refractivity contribution in [3.05, 3.63) is 39.7 Å². The van der Waals surface area contributed by atoms with E-state index in [1.807, 2.05) is 57.2 Å². The van der Waals surface area contributed by atoms with Crippen molar-refractivity contribution < 1.29 is 19.1 Å². The largest absolute Gasteiger partial charge is 0.444 e. The number of likely N-dealkylation sites (tertiary alicyclic amines) is 1. The van der Waals surface area contributed by atoms with Gasteiger partial charge in [0, 0.05) is 40.5 Å². The normalized spacial score (nSPS) is 20.5. The van der Waals surface area contributed by atoms with Crippen LogP contribution >= 0.6 is 11.3 Å². The molecule has 1 aliphatic heterocycles. The molecule has 2 fully saturated rings. The smallest absolute Gasteiger partial charge is 0.420 e. The maximum atomic E-state index is 14.2. The molecule has 0 spiro atoms. The number of pyridine rings is 1. The van der Waals surface area contributed by atoms with Crippen LogP contribution in [0.25, 0.3) is 27.1 Å². The zero-order chi connectivity index (χ0) is 32.1. The van der Waals surface area contributed by atoms with Gasteiger partial charge in [-0.05, 0) is 109 Å². The molecular weight excluding hydrogens is 574 g/mol. The number of aryl methyl sites for hydroxylation is 2. The van der Waals surface area contributed by atoms with Crippen LogP contribution < -0.4 is 0 Å². The van der Waals surface area contributed by atoms with E-state index in [-0.39, 0.29) is 23.5 Å². The molecule has 5 heterocycles. The van der Waals surface area contributed by atoms with Gasteiger partial charge in [-0.3, -0.25) is 0 Å². The average molecular weight is 620 g/mol. The quantitative estimate of drug-likeness (QED) is 0.230. The SMILES string of the molecule is Cc1c(-c2c(C(C)C)c3c(C)c(C45CCN(C(=O)OC(C)(C)C)CC4C5)sc3n2C(=O)OC(C)(C)C)cn2ncnc2c1C.